The van der Waals surface area contributed by atoms with E-state index in [1.165, 1.54) is 31.4 Å². The Morgan fingerprint density at radius 1 is 1.10 bits per heavy atom. The largest absolute Gasteiger partial charge is 0.352 e. The number of hydrogen-bond donors (Lipinski definition) is 2. The summed E-state index contributed by atoms with van der Waals surface area (Å²) in [5.41, 5.74) is 1.22. The molecule has 0 aromatic heterocycles. The number of carbonyl (C=O) groups excluding carboxylic acids is 1. The fourth-order valence-corrected chi connectivity index (χ4v) is 4.80. The highest BCUT2D eigenvalue weighted by atomic mass is 32.2. The summed E-state index contributed by atoms with van der Waals surface area (Å²) in [7, 11) is -3.70. The van der Waals surface area contributed by atoms with E-state index < -0.39 is 10.0 Å². The number of nitrogens with zero attached hydrogens (tertiary/aromatic N) is 1. The van der Waals surface area contributed by atoms with Crippen molar-refractivity contribution in [3.8, 4) is 0 Å². The minimum atomic E-state index is -3.70. The quantitative estimate of drug-likeness (QED) is 0.600. The minimum Gasteiger partial charge on any atom is -0.352 e. The number of sulfonamides is 1. The smallest absolute Gasteiger partial charge is 0.251 e. The van der Waals surface area contributed by atoms with Crippen LogP contribution in [0.2, 0.25) is 0 Å². The van der Waals surface area contributed by atoms with Crippen LogP contribution < -0.4 is 10.0 Å². The lowest BCUT2D eigenvalue weighted by Crippen LogP contribution is -2.39. The van der Waals surface area contributed by atoms with Gasteiger partial charge < -0.3 is 10.2 Å². The molecule has 1 amide bonds. The molecule has 0 aliphatic carbocycles. The third-order valence-electron chi connectivity index (χ3n) is 5.56. The molecule has 30 heavy (non-hydrogen) atoms. The monoisotopic (exact) mass is 429 g/mol. The van der Waals surface area contributed by atoms with E-state index in [9.17, 15) is 13.2 Å². The zero-order valence-electron chi connectivity index (χ0n) is 17.5. The first-order valence-electron chi connectivity index (χ1n) is 10.6. The topological polar surface area (TPSA) is 78.5 Å². The summed E-state index contributed by atoms with van der Waals surface area (Å²) in [5.74, 6) is -0.248. The maximum absolute atomic E-state index is 12.6. The van der Waals surface area contributed by atoms with E-state index in [1.54, 1.807) is 12.1 Å². The van der Waals surface area contributed by atoms with Crippen molar-refractivity contribution in [1.82, 2.24) is 14.9 Å². The van der Waals surface area contributed by atoms with Crippen LogP contribution in [-0.2, 0) is 16.6 Å². The van der Waals surface area contributed by atoms with Crippen LogP contribution in [0.15, 0.2) is 59.5 Å². The lowest BCUT2D eigenvalue weighted by Gasteiger charge is -2.33. The first kappa shape index (κ1) is 22.5. The van der Waals surface area contributed by atoms with Gasteiger partial charge >= 0.3 is 0 Å². The molecule has 3 rings (SSSR count). The zero-order chi connectivity index (χ0) is 21.4. The highest BCUT2D eigenvalue weighted by Crippen LogP contribution is 2.16. The van der Waals surface area contributed by atoms with Crippen molar-refractivity contribution in [2.75, 3.05) is 19.6 Å². The van der Waals surface area contributed by atoms with Crippen LogP contribution in [0.25, 0.3) is 0 Å². The van der Waals surface area contributed by atoms with Gasteiger partial charge in [-0.15, -0.1) is 0 Å². The number of amides is 1. The molecular formula is C23H31N3O3S. The van der Waals surface area contributed by atoms with Crippen molar-refractivity contribution in [3.63, 3.8) is 0 Å². The Balaban J connectivity index is 1.51. The Kier molecular flexibility index (Phi) is 8.01. The van der Waals surface area contributed by atoms with E-state index in [0.29, 0.717) is 18.2 Å². The van der Waals surface area contributed by atoms with Crippen LogP contribution in [0, 0.1) is 0 Å². The third kappa shape index (κ3) is 6.39. The van der Waals surface area contributed by atoms with Crippen LogP contribution in [-0.4, -0.2) is 44.9 Å². The number of likely N-dealkylation sites (tertiary alicyclic amines) is 1. The van der Waals surface area contributed by atoms with Crippen molar-refractivity contribution in [3.05, 3.63) is 65.7 Å². The molecular weight excluding hydrogens is 398 g/mol. The maximum Gasteiger partial charge on any atom is 0.251 e. The van der Waals surface area contributed by atoms with Gasteiger partial charge in [-0.1, -0.05) is 42.8 Å². The van der Waals surface area contributed by atoms with Gasteiger partial charge in [-0.3, -0.25) is 4.79 Å². The molecule has 1 unspecified atom stereocenters. The standard InChI is InChI=1S/C23H31N3O3S/c1-19-9-5-6-15-26(19)16-8-14-24-23(27)21-12-7-13-22(17-21)30(28,29)25-18-20-10-3-2-4-11-20/h2-4,7,10-13,17,19,25H,5-6,8-9,14-16,18H2,1H3,(H,24,27). The average molecular weight is 430 g/mol. The van der Waals surface area contributed by atoms with Crippen LogP contribution in [0.4, 0.5) is 0 Å². The van der Waals surface area contributed by atoms with Crippen molar-refractivity contribution in [2.45, 2.75) is 50.1 Å². The van der Waals surface area contributed by atoms with Gasteiger partial charge in [0.1, 0.15) is 0 Å². The molecule has 1 aliphatic rings. The zero-order valence-corrected chi connectivity index (χ0v) is 18.3. The van der Waals surface area contributed by atoms with Crippen LogP contribution in [0.5, 0.6) is 0 Å². The van der Waals surface area contributed by atoms with E-state index in [-0.39, 0.29) is 17.3 Å². The molecule has 1 saturated heterocycles. The van der Waals surface area contributed by atoms with Gasteiger partial charge in [-0.25, -0.2) is 13.1 Å². The molecule has 1 atom stereocenters. The van der Waals surface area contributed by atoms with E-state index >= 15 is 0 Å². The average Bonchev–Trinajstić information content (AvgIpc) is 2.77. The van der Waals surface area contributed by atoms with Gasteiger partial charge in [0.25, 0.3) is 5.91 Å². The van der Waals surface area contributed by atoms with Crippen LogP contribution in [0.1, 0.15) is 48.5 Å². The summed E-state index contributed by atoms with van der Waals surface area (Å²) in [4.78, 5) is 15.0. The molecule has 6 nitrogen and oxygen atoms in total. The SMILES string of the molecule is CC1CCCCN1CCCNC(=O)c1cccc(S(=O)(=O)NCc2ccccc2)c1. The summed E-state index contributed by atoms with van der Waals surface area (Å²) in [6.45, 7) is 5.14. The van der Waals surface area contributed by atoms with Gasteiger partial charge in [0.15, 0.2) is 0 Å². The van der Waals surface area contributed by atoms with Gasteiger partial charge in [0.05, 0.1) is 4.90 Å². The fourth-order valence-electron chi connectivity index (χ4n) is 3.74. The predicted molar refractivity (Wildman–Crippen MR) is 119 cm³/mol. The van der Waals surface area contributed by atoms with Gasteiger partial charge in [-0.05, 0) is 56.5 Å². The fraction of sp³-hybridized carbons (Fsp3) is 0.435. The van der Waals surface area contributed by atoms with Crippen molar-refractivity contribution in [2.24, 2.45) is 0 Å². The lowest BCUT2D eigenvalue weighted by molar-refractivity contribution is 0.0948. The second kappa shape index (κ2) is 10.7. The molecule has 2 aromatic carbocycles. The molecule has 1 aliphatic heterocycles. The number of benzene rings is 2. The molecule has 0 saturated carbocycles. The highest BCUT2D eigenvalue weighted by molar-refractivity contribution is 7.89. The first-order valence-corrected chi connectivity index (χ1v) is 12.1. The first-order chi connectivity index (χ1) is 14.5. The highest BCUT2D eigenvalue weighted by Gasteiger charge is 2.18. The van der Waals surface area contributed by atoms with E-state index in [0.717, 1.165) is 25.1 Å². The molecule has 1 fully saturated rings. The third-order valence-corrected chi connectivity index (χ3v) is 6.96. The van der Waals surface area contributed by atoms with Crippen molar-refractivity contribution in [1.29, 1.82) is 0 Å². The normalized spacial score (nSPS) is 17.6. The van der Waals surface area contributed by atoms with Crippen LogP contribution >= 0.6 is 0 Å². The Bertz CT molecular complexity index is 932. The van der Waals surface area contributed by atoms with Crippen LogP contribution in [0.3, 0.4) is 0 Å². The Morgan fingerprint density at radius 3 is 2.67 bits per heavy atom. The van der Waals surface area contributed by atoms with E-state index in [4.69, 9.17) is 0 Å². The molecule has 0 radical (unpaired) electrons. The number of hydrogen-bond acceptors (Lipinski definition) is 4. The summed E-state index contributed by atoms with van der Waals surface area (Å²) in [6, 6.07) is 16.1. The maximum atomic E-state index is 12.6. The van der Waals surface area contributed by atoms with E-state index in [2.05, 4.69) is 21.9 Å². The number of rotatable bonds is 9. The van der Waals surface area contributed by atoms with Gasteiger partial charge in [0.2, 0.25) is 10.0 Å². The molecule has 0 bridgehead atoms. The Hall–Kier alpha value is -2.22. The van der Waals surface area contributed by atoms with Crippen molar-refractivity contribution >= 4 is 15.9 Å². The molecule has 162 valence electrons. The number of nitrogens with one attached hydrogen (secondary N) is 2. The summed E-state index contributed by atoms with van der Waals surface area (Å²) in [6.07, 6.45) is 4.67. The Morgan fingerprint density at radius 2 is 1.90 bits per heavy atom. The van der Waals surface area contributed by atoms with Gasteiger partial charge in [-0.2, -0.15) is 0 Å². The molecule has 0 spiro atoms. The van der Waals surface area contributed by atoms with Gasteiger partial charge in [0, 0.05) is 31.2 Å². The second-order valence-corrected chi connectivity index (χ2v) is 9.60. The minimum absolute atomic E-state index is 0.0909. The summed E-state index contributed by atoms with van der Waals surface area (Å²) < 4.78 is 27.8. The van der Waals surface area contributed by atoms with E-state index in [1.807, 2.05) is 30.3 Å². The molecule has 2 aromatic rings. The molecule has 1 heterocycles. The summed E-state index contributed by atoms with van der Waals surface area (Å²) >= 11 is 0. The molecule has 2 N–H and O–H groups in total. The van der Waals surface area contributed by atoms with Crippen molar-refractivity contribution < 1.29 is 13.2 Å². The Labute approximate surface area is 179 Å². The number of piperidine rings is 1. The molecule has 7 heteroatoms. The lowest BCUT2D eigenvalue weighted by atomic mass is 10.0. The number of carbonyl (C=O) groups is 1. The predicted octanol–water partition coefficient (Wildman–Crippen LogP) is 3.16. The second-order valence-electron chi connectivity index (χ2n) is 7.83. The summed E-state index contributed by atoms with van der Waals surface area (Å²) in [5, 5.41) is 2.91.